The largest absolute Gasteiger partial charge is 0.358 e. The normalized spacial score (nSPS) is 10.9. The molecule has 0 fully saturated rings. The Morgan fingerprint density at radius 2 is 2.12 bits per heavy atom. The van der Waals surface area contributed by atoms with Crippen molar-refractivity contribution in [2.24, 2.45) is 0 Å². The molecule has 0 aliphatic heterocycles. The Bertz CT molecular complexity index is 516. The topological polar surface area (TPSA) is 32.9 Å². The first-order chi connectivity index (χ1) is 7.74. The van der Waals surface area contributed by atoms with Crippen LogP contribution in [0.5, 0.6) is 0 Å². The second-order valence-corrected chi connectivity index (χ2v) is 4.26. The fourth-order valence-electron chi connectivity index (χ4n) is 1.99. The summed E-state index contributed by atoms with van der Waals surface area (Å²) in [4.78, 5) is 15.3. The number of aromatic nitrogens is 1. The monoisotopic (exact) mass is 235 g/mol. The maximum atomic E-state index is 12.0. The second kappa shape index (κ2) is 4.71. The molecule has 2 aromatic rings. The third-order valence-electron chi connectivity index (χ3n) is 2.71. The van der Waals surface area contributed by atoms with Crippen LogP contribution < -0.4 is 0 Å². The van der Waals surface area contributed by atoms with E-state index in [9.17, 15) is 4.79 Å². The van der Waals surface area contributed by atoms with Crippen LogP contribution in [0.3, 0.4) is 0 Å². The van der Waals surface area contributed by atoms with Crippen molar-refractivity contribution in [2.45, 2.75) is 19.8 Å². The minimum atomic E-state index is 0.176. The molecule has 0 spiro atoms. The van der Waals surface area contributed by atoms with E-state index in [0.717, 1.165) is 28.6 Å². The number of carbonyl (C=O) groups is 1. The number of aromatic amines is 1. The summed E-state index contributed by atoms with van der Waals surface area (Å²) in [6.07, 6.45) is 1.26. The van der Waals surface area contributed by atoms with E-state index in [1.54, 1.807) is 0 Å². The highest BCUT2D eigenvalue weighted by atomic mass is 35.5. The van der Waals surface area contributed by atoms with Crippen LogP contribution in [-0.2, 0) is 0 Å². The molecule has 2 nitrogen and oxygen atoms in total. The van der Waals surface area contributed by atoms with Gasteiger partial charge in [0, 0.05) is 34.5 Å². The Balaban J connectivity index is 2.43. The molecule has 1 heterocycles. The first-order valence-electron chi connectivity index (χ1n) is 5.40. The van der Waals surface area contributed by atoms with Crippen molar-refractivity contribution in [2.75, 3.05) is 5.88 Å². The summed E-state index contributed by atoms with van der Waals surface area (Å²) < 4.78 is 0. The summed E-state index contributed by atoms with van der Waals surface area (Å²) in [5, 5.41) is 1.01. The molecule has 3 heteroatoms. The lowest BCUT2D eigenvalue weighted by Crippen LogP contribution is -2.00. The molecular weight excluding hydrogens is 222 g/mol. The van der Waals surface area contributed by atoms with Crippen LogP contribution in [0.4, 0.5) is 0 Å². The number of fused-ring (bicyclic) bond motifs is 1. The number of H-pyrrole nitrogens is 1. The molecule has 84 valence electrons. The first kappa shape index (κ1) is 11.2. The lowest BCUT2D eigenvalue weighted by atomic mass is 10.0. The summed E-state index contributed by atoms with van der Waals surface area (Å²) in [6.45, 7) is 1.94. The number of carbonyl (C=O) groups excluding carboxylic acids is 1. The number of para-hydroxylation sites is 1. The van der Waals surface area contributed by atoms with Gasteiger partial charge in [0.05, 0.1) is 0 Å². The summed E-state index contributed by atoms with van der Waals surface area (Å²) in [7, 11) is 0. The second-order valence-electron chi connectivity index (χ2n) is 3.89. The van der Waals surface area contributed by atoms with Crippen molar-refractivity contribution in [3.8, 4) is 0 Å². The molecule has 0 bridgehead atoms. The van der Waals surface area contributed by atoms with Gasteiger partial charge in [-0.25, -0.2) is 0 Å². The molecular formula is C13H14ClNO. The van der Waals surface area contributed by atoms with Gasteiger partial charge in [0.2, 0.25) is 0 Å². The highest BCUT2D eigenvalue weighted by Gasteiger charge is 2.14. The van der Waals surface area contributed by atoms with Crippen molar-refractivity contribution in [3.05, 3.63) is 35.5 Å². The molecule has 0 unspecified atom stereocenters. The van der Waals surface area contributed by atoms with Crippen LogP contribution in [0.25, 0.3) is 10.9 Å². The number of ketones is 1. The molecule has 16 heavy (non-hydrogen) atoms. The van der Waals surface area contributed by atoms with Crippen molar-refractivity contribution in [1.29, 1.82) is 0 Å². The standard InChI is InChI=1S/C13H14ClNO/c1-9-13(12(16)7-4-8-14)10-5-2-3-6-11(10)15-9/h2-3,5-6,15H,4,7-8H2,1H3. The molecule has 1 N–H and O–H groups in total. The molecule has 0 amide bonds. The van der Waals surface area contributed by atoms with Gasteiger partial charge < -0.3 is 4.98 Å². The van der Waals surface area contributed by atoms with Gasteiger partial charge in [-0.1, -0.05) is 18.2 Å². The van der Waals surface area contributed by atoms with Crippen LogP contribution in [0, 0.1) is 6.92 Å². The quantitative estimate of drug-likeness (QED) is 0.637. The number of benzene rings is 1. The summed E-state index contributed by atoms with van der Waals surface area (Å²) >= 11 is 5.60. The van der Waals surface area contributed by atoms with Gasteiger partial charge in [0.25, 0.3) is 0 Å². The van der Waals surface area contributed by atoms with Crippen LogP contribution in [-0.4, -0.2) is 16.6 Å². The van der Waals surface area contributed by atoms with Crippen molar-refractivity contribution in [1.82, 2.24) is 4.98 Å². The Morgan fingerprint density at radius 3 is 2.88 bits per heavy atom. The van der Waals surface area contributed by atoms with E-state index in [2.05, 4.69) is 4.98 Å². The fraction of sp³-hybridized carbons (Fsp3) is 0.308. The van der Waals surface area contributed by atoms with E-state index in [1.807, 2.05) is 31.2 Å². The van der Waals surface area contributed by atoms with E-state index in [1.165, 1.54) is 0 Å². The molecule has 0 aliphatic carbocycles. The molecule has 0 atom stereocenters. The third kappa shape index (κ3) is 1.98. The van der Waals surface area contributed by atoms with Gasteiger partial charge in [0.1, 0.15) is 0 Å². The van der Waals surface area contributed by atoms with Crippen LogP contribution in [0.15, 0.2) is 24.3 Å². The fourth-order valence-corrected chi connectivity index (χ4v) is 2.12. The van der Waals surface area contributed by atoms with Crippen molar-refractivity contribution >= 4 is 28.3 Å². The Hall–Kier alpha value is -1.28. The number of alkyl halides is 1. The first-order valence-corrected chi connectivity index (χ1v) is 5.94. The van der Waals surface area contributed by atoms with Crippen LogP contribution in [0.1, 0.15) is 28.9 Å². The van der Waals surface area contributed by atoms with E-state index >= 15 is 0 Å². The SMILES string of the molecule is Cc1[nH]c2ccccc2c1C(=O)CCCCl. The molecule has 2 rings (SSSR count). The highest BCUT2D eigenvalue weighted by Crippen LogP contribution is 2.23. The van der Waals surface area contributed by atoms with E-state index in [-0.39, 0.29) is 5.78 Å². The maximum absolute atomic E-state index is 12.0. The highest BCUT2D eigenvalue weighted by molar-refractivity contribution is 6.18. The minimum Gasteiger partial charge on any atom is -0.358 e. The number of aryl methyl sites for hydroxylation is 1. The summed E-state index contributed by atoms with van der Waals surface area (Å²) in [5.41, 5.74) is 2.79. The van der Waals surface area contributed by atoms with Gasteiger partial charge in [-0.05, 0) is 19.4 Å². The van der Waals surface area contributed by atoms with Crippen molar-refractivity contribution in [3.63, 3.8) is 0 Å². The Morgan fingerprint density at radius 1 is 1.38 bits per heavy atom. The molecule has 0 radical (unpaired) electrons. The predicted molar refractivity (Wildman–Crippen MR) is 67.3 cm³/mol. The molecule has 1 aromatic carbocycles. The van der Waals surface area contributed by atoms with Gasteiger partial charge in [-0.15, -0.1) is 11.6 Å². The Kier molecular flexibility index (Phi) is 3.30. The zero-order chi connectivity index (χ0) is 11.5. The molecule has 0 aliphatic rings. The van der Waals surface area contributed by atoms with Gasteiger partial charge in [-0.2, -0.15) is 0 Å². The van der Waals surface area contributed by atoms with Gasteiger partial charge in [-0.3, -0.25) is 4.79 Å². The summed E-state index contributed by atoms with van der Waals surface area (Å²) in [6, 6.07) is 7.88. The average Bonchev–Trinajstić information content (AvgIpc) is 2.62. The smallest absolute Gasteiger partial charge is 0.165 e. The number of hydrogen-bond donors (Lipinski definition) is 1. The minimum absolute atomic E-state index is 0.176. The van der Waals surface area contributed by atoms with Crippen LogP contribution in [0.2, 0.25) is 0 Å². The number of nitrogens with one attached hydrogen (secondary N) is 1. The Labute approximate surface area is 99.6 Å². The number of rotatable bonds is 4. The molecule has 1 aromatic heterocycles. The van der Waals surface area contributed by atoms with E-state index in [4.69, 9.17) is 11.6 Å². The van der Waals surface area contributed by atoms with Gasteiger partial charge in [0.15, 0.2) is 5.78 Å². The third-order valence-corrected chi connectivity index (χ3v) is 2.98. The number of Topliss-reactive ketones (excluding diaryl/α,β-unsaturated/α-hetero) is 1. The lowest BCUT2D eigenvalue weighted by molar-refractivity contribution is 0.0983. The average molecular weight is 236 g/mol. The predicted octanol–water partition coefficient (Wildman–Crippen LogP) is 3.68. The lowest BCUT2D eigenvalue weighted by Gasteiger charge is -1.99. The zero-order valence-electron chi connectivity index (χ0n) is 9.22. The molecule has 0 saturated heterocycles. The number of halogens is 1. The van der Waals surface area contributed by atoms with Crippen LogP contribution >= 0.6 is 11.6 Å². The summed E-state index contributed by atoms with van der Waals surface area (Å²) in [5.74, 6) is 0.711. The van der Waals surface area contributed by atoms with E-state index < -0.39 is 0 Å². The molecule has 0 saturated carbocycles. The van der Waals surface area contributed by atoms with E-state index in [0.29, 0.717) is 12.3 Å². The maximum Gasteiger partial charge on any atom is 0.165 e. The zero-order valence-corrected chi connectivity index (χ0v) is 9.97. The number of hydrogen-bond acceptors (Lipinski definition) is 1. The van der Waals surface area contributed by atoms with Crippen molar-refractivity contribution < 1.29 is 4.79 Å². The van der Waals surface area contributed by atoms with Gasteiger partial charge >= 0.3 is 0 Å².